The van der Waals surface area contributed by atoms with Gasteiger partial charge in [0.1, 0.15) is 6.54 Å². The summed E-state index contributed by atoms with van der Waals surface area (Å²) in [4.78, 5) is 25.5. The molecule has 0 saturated heterocycles. The Morgan fingerprint density at radius 3 is 2.73 bits per heavy atom. The van der Waals surface area contributed by atoms with Gasteiger partial charge >= 0.3 is 12.1 Å². The number of ether oxygens (including phenoxy) is 1. The fraction of sp³-hybridized carbons (Fsp3) is 0.222. The summed E-state index contributed by atoms with van der Waals surface area (Å²) >= 11 is 0. The number of esters is 1. The van der Waals surface area contributed by atoms with E-state index in [1.807, 2.05) is 6.92 Å². The summed E-state index contributed by atoms with van der Waals surface area (Å²) in [5.41, 5.74) is 0.695. The quantitative estimate of drug-likeness (QED) is 0.670. The van der Waals surface area contributed by atoms with E-state index in [1.54, 1.807) is 18.2 Å². The Hall–Kier alpha value is -3.03. The Balaban J connectivity index is 1.75. The summed E-state index contributed by atoms with van der Waals surface area (Å²) in [6, 6.07) is 9.57. The van der Waals surface area contributed by atoms with Crippen LogP contribution in [-0.4, -0.2) is 25.0 Å². The molecule has 3 rings (SSSR count). The molecule has 0 fully saturated rings. The van der Waals surface area contributed by atoms with Gasteiger partial charge in [-0.1, -0.05) is 12.1 Å². The van der Waals surface area contributed by atoms with E-state index in [0.29, 0.717) is 11.4 Å². The monoisotopic (exact) mass is 364 g/mol. The third kappa shape index (κ3) is 3.96. The fourth-order valence-electron chi connectivity index (χ4n) is 2.64. The minimum atomic E-state index is -4.49. The van der Waals surface area contributed by atoms with Gasteiger partial charge in [0.15, 0.2) is 5.75 Å². The maximum Gasteiger partial charge on any atom is 0.416 e. The summed E-state index contributed by atoms with van der Waals surface area (Å²) < 4.78 is 43.4. The normalized spacial score (nSPS) is 13.8. The van der Waals surface area contributed by atoms with Crippen LogP contribution in [0.5, 0.6) is 5.75 Å². The van der Waals surface area contributed by atoms with Gasteiger partial charge in [0, 0.05) is 5.69 Å². The Bertz CT molecular complexity index is 865. The van der Waals surface area contributed by atoms with Gasteiger partial charge in [-0.2, -0.15) is 13.2 Å². The Morgan fingerprint density at radius 2 is 2.00 bits per heavy atom. The van der Waals surface area contributed by atoms with Crippen molar-refractivity contribution in [1.82, 2.24) is 0 Å². The molecule has 2 aromatic rings. The highest BCUT2D eigenvalue weighted by Crippen LogP contribution is 2.33. The first-order chi connectivity index (χ1) is 12.2. The predicted molar refractivity (Wildman–Crippen MR) is 89.1 cm³/mol. The molecule has 0 bridgehead atoms. The van der Waals surface area contributed by atoms with Crippen molar-refractivity contribution in [3.63, 3.8) is 0 Å². The highest BCUT2D eigenvalue weighted by atomic mass is 19.4. The maximum absolute atomic E-state index is 12.8. The van der Waals surface area contributed by atoms with E-state index >= 15 is 0 Å². The molecule has 0 atom stereocenters. The van der Waals surface area contributed by atoms with E-state index < -0.39 is 23.6 Å². The summed E-state index contributed by atoms with van der Waals surface area (Å²) in [6.45, 7) is 1.55. The van der Waals surface area contributed by atoms with Crippen molar-refractivity contribution in [1.29, 1.82) is 0 Å². The molecule has 136 valence electrons. The first-order valence-electron chi connectivity index (χ1n) is 7.76. The van der Waals surface area contributed by atoms with E-state index in [-0.39, 0.29) is 18.8 Å². The molecule has 1 N–H and O–H groups in total. The molecule has 0 aromatic heterocycles. The van der Waals surface area contributed by atoms with Crippen LogP contribution in [0.15, 0.2) is 42.5 Å². The van der Waals surface area contributed by atoms with Crippen LogP contribution in [0.25, 0.3) is 0 Å². The number of hydrogen-bond acceptors (Lipinski definition) is 4. The topological polar surface area (TPSA) is 58.6 Å². The molecular weight excluding hydrogens is 349 g/mol. The van der Waals surface area contributed by atoms with Crippen LogP contribution in [0.3, 0.4) is 0 Å². The lowest BCUT2D eigenvalue weighted by atomic mass is 10.1. The zero-order valence-corrected chi connectivity index (χ0v) is 13.8. The number of rotatable bonds is 3. The SMILES string of the molecule is Cc1ccc2c(c1)N(CC(=O)Nc1cccc(C(F)(F)F)c1)CC(=O)O2. The van der Waals surface area contributed by atoms with Gasteiger partial charge < -0.3 is 15.0 Å². The fourth-order valence-corrected chi connectivity index (χ4v) is 2.64. The second-order valence-electron chi connectivity index (χ2n) is 5.93. The largest absolute Gasteiger partial charge is 0.423 e. The van der Waals surface area contributed by atoms with Crippen LogP contribution in [-0.2, 0) is 15.8 Å². The molecule has 1 heterocycles. The number of nitrogens with zero attached hydrogens (tertiary/aromatic N) is 1. The molecule has 1 aliphatic heterocycles. The molecule has 1 aliphatic rings. The van der Waals surface area contributed by atoms with Crippen LogP contribution >= 0.6 is 0 Å². The second-order valence-corrected chi connectivity index (χ2v) is 5.93. The van der Waals surface area contributed by atoms with E-state index in [1.165, 1.54) is 17.0 Å². The summed E-state index contributed by atoms with van der Waals surface area (Å²) in [5.74, 6) is -0.696. The molecule has 26 heavy (non-hydrogen) atoms. The van der Waals surface area contributed by atoms with Crippen LogP contribution in [0.2, 0.25) is 0 Å². The Morgan fingerprint density at radius 1 is 1.23 bits per heavy atom. The smallest absolute Gasteiger partial charge is 0.416 e. The summed E-state index contributed by atoms with van der Waals surface area (Å²) in [5, 5.41) is 2.43. The first kappa shape index (κ1) is 17.8. The van der Waals surface area contributed by atoms with Crippen molar-refractivity contribution < 1.29 is 27.5 Å². The number of carbonyl (C=O) groups is 2. The second kappa shape index (κ2) is 6.70. The predicted octanol–water partition coefficient (Wildman–Crippen LogP) is 3.38. The van der Waals surface area contributed by atoms with Crippen molar-refractivity contribution in [2.75, 3.05) is 23.3 Å². The number of nitrogens with one attached hydrogen (secondary N) is 1. The lowest BCUT2D eigenvalue weighted by Crippen LogP contribution is -2.41. The van der Waals surface area contributed by atoms with Crippen molar-refractivity contribution in [3.05, 3.63) is 53.6 Å². The molecule has 0 spiro atoms. The number of alkyl halides is 3. The zero-order chi connectivity index (χ0) is 18.9. The Labute approximate surface area is 147 Å². The van der Waals surface area contributed by atoms with Crippen LogP contribution in [0, 0.1) is 6.92 Å². The molecule has 1 amide bonds. The number of fused-ring (bicyclic) bond motifs is 1. The highest BCUT2D eigenvalue weighted by Gasteiger charge is 2.31. The molecule has 0 saturated carbocycles. The van der Waals surface area contributed by atoms with Crippen LogP contribution < -0.4 is 15.0 Å². The average Bonchev–Trinajstić information content (AvgIpc) is 2.55. The van der Waals surface area contributed by atoms with E-state index in [9.17, 15) is 22.8 Å². The number of benzene rings is 2. The minimum Gasteiger partial charge on any atom is -0.423 e. The third-order valence-corrected chi connectivity index (χ3v) is 3.81. The first-order valence-corrected chi connectivity index (χ1v) is 7.76. The van der Waals surface area contributed by atoms with Crippen LogP contribution in [0.1, 0.15) is 11.1 Å². The van der Waals surface area contributed by atoms with E-state index in [2.05, 4.69) is 5.32 Å². The summed E-state index contributed by atoms with van der Waals surface area (Å²) in [7, 11) is 0. The molecule has 5 nitrogen and oxygen atoms in total. The van der Waals surface area contributed by atoms with Gasteiger partial charge in [0.25, 0.3) is 0 Å². The van der Waals surface area contributed by atoms with Gasteiger partial charge in [0.05, 0.1) is 17.8 Å². The van der Waals surface area contributed by atoms with Gasteiger partial charge in [-0.25, -0.2) is 4.79 Å². The van der Waals surface area contributed by atoms with Gasteiger partial charge in [-0.05, 0) is 42.8 Å². The maximum atomic E-state index is 12.8. The highest BCUT2D eigenvalue weighted by molar-refractivity contribution is 5.96. The number of hydrogen-bond donors (Lipinski definition) is 1. The molecule has 0 unspecified atom stereocenters. The van der Waals surface area contributed by atoms with Crippen LogP contribution in [0.4, 0.5) is 24.5 Å². The lowest BCUT2D eigenvalue weighted by molar-refractivity contribution is -0.137. The third-order valence-electron chi connectivity index (χ3n) is 3.81. The van der Waals surface area contributed by atoms with Gasteiger partial charge in [-0.15, -0.1) is 0 Å². The number of halogens is 3. The number of anilines is 2. The molecule has 8 heteroatoms. The average molecular weight is 364 g/mol. The van der Waals surface area contributed by atoms with Crippen molar-refractivity contribution in [2.24, 2.45) is 0 Å². The number of amides is 1. The molecule has 0 aliphatic carbocycles. The van der Waals surface area contributed by atoms with Crippen molar-refractivity contribution >= 4 is 23.3 Å². The number of carbonyl (C=O) groups excluding carboxylic acids is 2. The number of aryl methyl sites for hydroxylation is 1. The molecule has 0 radical (unpaired) electrons. The van der Waals surface area contributed by atoms with E-state index in [0.717, 1.165) is 17.7 Å². The van der Waals surface area contributed by atoms with Crippen molar-refractivity contribution in [2.45, 2.75) is 13.1 Å². The standard InChI is InChI=1S/C18H15F3N2O3/c1-11-5-6-15-14(7-11)23(10-17(25)26-15)9-16(24)22-13-4-2-3-12(8-13)18(19,20)21/h2-8H,9-10H2,1H3,(H,22,24). The molecular formula is C18H15F3N2O3. The Kier molecular flexibility index (Phi) is 4.58. The lowest BCUT2D eigenvalue weighted by Gasteiger charge is -2.29. The van der Waals surface area contributed by atoms with Gasteiger partial charge in [-0.3, -0.25) is 4.79 Å². The van der Waals surface area contributed by atoms with Crippen molar-refractivity contribution in [3.8, 4) is 5.75 Å². The minimum absolute atomic E-state index is 0.0360. The van der Waals surface area contributed by atoms with E-state index in [4.69, 9.17) is 4.74 Å². The molecule has 2 aromatic carbocycles. The summed E-state index contributed by atoms with van der Waals surface area (Å²) in [6.07, 6.45) is -4.49. The zero-order valence-electron chi connectivity index (χ0n) is 13.8. The van der Waals surface area contributed by atoms with Gasteiger partial charge in [0.2, 0.25) is 5.91 Å².